The van der Waals surface area contributed by atoms with Gasteiger partial charge in [-0.15, -0.1) is 0 Å². The highest BCUT2D eigenvalue weighted by Crippen LogP contribution is 2.29. The van der Waals surface area contributed by atoms with E-state index in [1.165, 1.54) is 56.5 Å². The molecule has 0 spiro atoms. The lowest BCUT2D eigenvalue weighted by Gasteiger charge is -2.32. The highest BCUT2D eigenvalue weighted by Gasteiger charge is 2.24. The van der Waals surface area contributed by atoms with Gasteiger partial charge in [-0.25, -0.2) is 0 Å². The molecule has 4 nitrogen and oxygen atoms in total. The van der Waals surface area contributed by atoms with E-state index in [1.54, 1.807) is 0 Å². The zero-order valence-corrected chi connectivity index (χ0v) is 12.2. The SMILES string of the molecule is CN1CCCC(CNC2CCCc3c2cnn3C)C1. The van der Waals surface area contributed by atoms with Gasteiger partial charge in [0.25, 0.3) is 0 Å². The maximum atomic E-state index is 4.42. The van der Waals surface area contributed by atoms with Crippen LogP contribution in [0.3, 0.4) is 0 Å². The molecule has 1 saturated heterocycles. The second-order valence-electron chi connectivity index (χ2n) is 6.29. The van der Waals surface area contributed by atoms with Gasteiger partial charge < -0.3 is 10.2 Å². The smallest absolute Gasteiger partial charge is 0.0540 e. The molecule has 4 heteroatoms. The van der Waals surface area contributed by atoms with Gasteiger partial charge in [-0.2, -0.15) is 5.10 Å². The topological polar surface area (TPSA) is 33.1 Å². The van der Waals surface area contributed by atoms with E-state index in [2.05, 4.69) is 40.3 Å². The van der Waals surface area contributed by atoms with Crippen LogP contribution in [0.5, 0.6) is 0 Å². The van der Waals surface area contributed by atoms with Gasteiger partial charge in [0.1, 0.15) is 0 Å². The summed E-state index contributed by atoms with van der Waals surface area (Å²) in [5, 5.41) is 8.23. The number of likely N-dealkylation sites (tertiary alicyclic amines) is 1. The molecule has 2 atom stereocenters. The summed E-state index contributed by atoms with van der Waals surface area (Å²) in [5.41, 5.74) is 2.88. The molecular weight excluding hydrogens is 236 g/mol. The Morgan fingerprint density at radius 1 is 1.32 bits per heavy atom. The van der Waals surface area contributed by atoms with Gasteiger partial charge in [-0.1, -0.05) is 0 Å². The fourth-order valence-corrected chi connectivity index (χ4v) is 3.67. The summed E-state index contributed by atoms with van der Waals surface area (Å²) in [4.78, 5) is 2.46. The van der Waals surface area contributed by atoms with Crippen LogP contribution in [0.25, 0.3) is 0 Å². The molecule has 19 heavy (non-hydrogen) atoms. The van der Waals surface area contributed by atoms with Gasteiger partial charge in [0.2, 0.25) is 0 Å². The first-order valence-electron chi connectivity index (χ1n) is 7.66. The molecule has 2 heterocycles. The summed E-state index contributed by atoms with van der Waals surface area (Å²) < 4.78 is 2.05. The molecule has 106 valence electrons. The Balaban J connectivity index is 1.59. The van der Waals surface area contributed by atoms with Crippen LogP contribution in [0.15, 0.2) is 6.20 Å². The Labute approximate surface area is 116 Å². The van der Waals surface area contributed by atoms with Crippen LogP contribution >= 0.6 is 0 Å². The van der Waals surface area contributed by atoms with Crippen LogP contribution < -0.4 is 5.32 Å². The first-order chi connectivity index (χ1) is 9.24. The van der Waals surface area contributed by atoms with Crippen molar-refractivity contribution in [2.75, 3.05) is 26.7 Å². The van der Waals surface area contributed by atoms with Crippen molar-refractivity contribution in [3.05, 3.63) is 17.5 Å². The predicted molar refractivity (Wildman–Crippen MR) is 77.1 cm³/mol. The molecule has 0 aromatic carbocycles. The Kier molecular flexibility index (Phi) is 3.89. The first kappa shape index (κ1) is 13.1. The fourth-order valence-electron chi connectivity index (χ4n) is 3.67. The van der Waals surface area contributed by atoms with E-state index >= 15 is 0 Å². The van der Waals surface area contributed by atoms with Crippen molar-refractivity contribution in [3.8, 4) is 0 Å². The van der Waals surface area contributed by atoms with E-state index in [9.17, 15) is 0 Å². The largest absolute Gasteiger partial charge is 0.309 e. The van der Waals surface area contributed by atoms with Crippen LogP contribution in [-0.4, -0.2) is 41.4 Å². The number of nitrogens with zero attached hydrogens (tertiary/aromatic N) is 3. The molecular formula is C15H26N4. The number of piperidine rings is 1. The number of rotatable bonds is 3. The average molecular weight is 262 g/mol. The van der Waals surface area contributed by atoms with E-state index in [4.69, 9.17) is 0 Å². The number of aromatic nitrogens is 2. The van der Waals surface area contributed by atoms with Crippen LogP contribution in [0.1, 0.15) is 43.0 Å². The van der Waals surface area contributed by atoms with Crippen molar-refractivity contribution < 1.29 is 0 Å². The maximum Gasteiger partial charge on any atom is 0.0540 e. The summed E-state index contributed by atoms with van der Waals surface area (Å²) in [6.07, 6.45) is 8.54. The molecule has 0 radical (unpaired) electrons. The molecule has 1 fully saturated rings. The van der Waals surface area contributed by atoms with Crippen molar-refractivity contribution in [3.63, 3.8) is 0 Å². The standard InChI is InChI=1S/C15H26N4/c1-18-8-4-5-12(11-18)9-16-14-6-3-7-15-13(14)10-17-19(15)2/h10,12,14,16H,3-9,11H2,1-2H3. The minimum absolute atomic E-state index is 0.532. The molecule has 3 rings (SSSR count). The molecule has 2 aliphatic rings. The van der Waals surface area contributed by atoms with Crippen LogP contribution in [-0.2, 0) is 13.5 Å². The van der Waals surface area contributed by atoms with Crippen molar-refractivity contribution in [1.29, 1.82) is 0 Å². The third-order valence-electron chi connectivity index (χ3n) is 4.75. The number of hydrogen-bond acceptors (Lipinski definition) is 3. The van der Waals surface area contributed by atoms with Crippen LogP contribution in [0.4, 0.5) is 0 Å². The third kappa shape index (κ3) is 2.84. The number of fused-ring (bicyclic) bond motifs is 1. The summed E-state index contributed by atoms with van der Waals surface area (Å²) in [6, 6.07) is 0.532. The Morgan fingerprint density at radius 3 is 3.05 bits per heavy atom. The lowest BCUT2D eigenvalue weighted by molar-refractivity contribution is 0.201. The quantitative estimate of drug-likeness (QED) is 0.900. The van der Waals surface area contributed by atoms with Gasteiger partial charge in [-0.3, -0.25) is 4.68 Å². The molecule has 1 aromatic rings. The minimum Gasteiger partial charge on any atom is -0.309 e. The Bertz CT molecular complexity index is 426. The maximum absolute atomic E-state index is 4.42. The fraction of sp³-hybridized carbons (Fsp3) is 0.800. The van der Waals surface area contributed by atoms with Crippen LogP contribution in [0, 0.1) is 5.92 Å². The normalized spacial score (nSPS) is 28.3. The molecule has 1 aromatic heterocycles. The van der Waals surface area contributed by atoms with Crippen molar-refractivity contribution in [1.82, 2.24) is 20.0 Å². The van der Waals surface area contributed by atoms with Gasteiger partial charge in [0.15, 0.2) is 0 Å². The predicted octanol–water partition coefficient (Wildman–Crippen LogP) is 1.73. The monoisotopic (exact) mass is 262 g/mol. The molecule has 1 N–H and O–H groups in total. The van der Waals surface area contributed by atoms with E-state index < -0.39 is 0 Å². The first-order valence-corrected chi connectivity index (χ1v) is 7.66. The molecule has 1 aliphatic carbocycles. The van der Waals surface area contributed by atoms with E-state index in [0.717, 1.165) is 12.5 Å². The highest BCUT2D eigenvalue weighted by atomic mass is 15.3. The Morgan fingerprint density at radius 2 is 2.21 bits per heavy atom. The molecule has 0 saturated carbocycles. The molecule has 0 bridgehead atoms. The van der Waals surface area contributed by atoms with E-state index in [1.807, 2.05) is 0 Å². The summed E-state index contributed by atoms with van der Waals surface area (Å²) in [5.74, 6) is 0.820. The second kappa shape index (κ2) is 5.63. The van der Waals surface area contributed by atoms with Crippen molar-refractivity contribution >= 4 is 0 Å². The lowest BCUT2D eigenvalue weighted by atomic mass is 9.91. The minimum atomic E-state index is 0.532. The zero-order valence-electron chi connectivity index (χ0n) is 12.2. The molecule has 2 unspecified atom stereocenters. The van der Waals surface area contributed by atoms with Gasteiger partial charge >= 0.3 is 0 Å². The number of hydrogen-bond donors (Lipinski definition) is 1. The van der Waals surface area contributed by atoms with Crippen LogP contribution in [0.2, 0.25) is 0 Å². The molecule has 1 aliphatic heterocycles. The highest BCUT2D eigenvalue weighted by molar-refractivity contribution is 5.24. The third-order valence-corrected chi connectivity index (χ3v) is 4.75. The summed E-state index contributed by atoms with van der Waals surface area (Å²) in [6.45, 7) is 3.68. The second-order valence-corrected chi connectivity index (χ2v) is 6.29. The van der Waals surface area contributed by atoms with Crippen molar-refractivity contribution in [2.24, 2.45) is 13.0 Å². The Hall–Kier alpha value is -0.870. The number of aryl methyl sites for hydroxylation is 1. The number of nitrogens with one attached hydrogen (secondary N) is 1. The van der Waals surface area contributed by atoms with Crippen molar-refractivity contribution in [2.45, 2.75) is 38.1 Å². The average Bonchev–Trinajstić information content (AvgIpc) is 2.79. The lowest BCUT2D eigenvalue weighted by Crippen LogP contribution is -2.38. The van der Waals surface area contributed by atoms with Gasteiger partial charge in [0, 0.05) is 30.9 Å². The van der Waals surface area contributed by atoms with Gasteiger partial charge in [0.05, 0.1) is 6.20 Å². The van der Waals surface area contributed by atoms with E-state index in [0.29, 0.717) is 6.04 Å². The van der Waals surface area contributed by atoms with Gasteiger partial charge in [-0.05, 0) is 58.2 Å². The summed E-state index contributed by atoms with van der Waals surface area (Å²) >= 11 is 0. The van der Waals surface area contributed by atoms with E-state index in [-0.39, 0.29) is 0 Å². The summed E-state index contributed by atoms with van der Waals surface area (Å²) in [7, 11) is 4.31. The zero-order chi connectivity index (χ0) is 13.2. The molecule has 0 amide bonds.